The van der Waals surface area contributed by atoms with Gasteiger partial charge in [-0.1, -0.05) is 12.1 Å². The summed E-state index contributed by atoms with van der Waals surface area (Å²) in [6.45, 7) is 0.353. The van der Waals surface area contributed by atoms with Crippen LogP contribution in [0.2, 0.25) is 0 Å². The molecule has 2 aromatic rings. The van der Waals surface area contributed by atoms with Gasteiger partial charge in [-0.25, -0.2) is 0 Å². The molecular weight excluding hydrogens is 348 g/mol. The second kappa shape index (κ2) is 10.1. The molecule has 0 fully saturated rings. The first-order chi connectivity index (χ1) is 13.1. The summed E-state index contributed by atoms with van der Waals surface area (Å²) in [5.41, 5.74) is 1.45. The first-order valence-corrected chi connectivity index (χ1v) is 8.47. The quantitative estimate of drug-likeness (QED) is 0.701. The van der Waals surface area contributed by atoms with E-state index in [4.69, 9.17) is 14.2 Å². The van der Waals surface area contributed by atoms with Crippen LogP contribution in [0.3, 0.4) is 0 Å². The van der Waals surface area contributed by atoms with Crippen molar-refractivity contribution in [2.45, 2.75) is 6.42 Å². The largest absolute Gasteiger partial charge is 0.497 e. The van der Waals surface area contributed by atoms with E-state index in [0.29, 0.717) is 35.8 Å². The maximum Gasteiger partial charge on any atom is 0.251 e. The molecule has 0 spiro atoms. The lowest BCUT2D eigenvalue weighted by Crippen LogP contribution is -2.37. The molecule has 2 rings (SSSR count). The lowest BCUT2D eigenvalue weighted by molar-refractivity contribution is -0.120. The highest BCUT2D eigenvalue weighted by Gasteiger charge is 2.09. The third kappa shape index (κ3) is 5.91. The number of methoxy groups -OCH3 is 3. The molecule has 0 bridgehead atoms. The minimum atomic E-state index is -0.330. The Labute approximate surface area is 158 Å². The van der Waals surface area contributed by atoms with Gasteiger partial charge in [0.15, 0.2) is 11.5 Å². The molecule has 0 aromatic heterocycles. The van der Waals surface area contributed by atoms with Gasteiger partial charge < -0.3 is 24.8 Å². The monoisotopic (exact) mass is 372 g/mol. The van der Waals surface area contributed by atoms with Crippen LogP contribution in [0.25, 0.3) is 0 Å². The molecule has 0 heterocycles. The highest BCUT2D eigenvalue weighted by atomic mass is 16.5. The van der Waals surface area contributed by atoms with Gasteiger partial charge in [0, 0.05) is 12.1 Å². The molecule has 144 valence electrons. The van der Waals surface area contributed by atoms with Crippen LogP contribution in [-0.2, 0) is 11.2 Å². The van der Waals surface area contributed by atoms with Crippen LogP contribution >= 0.6 is 0 Å². The average molecular weight is 372 g/mol. The summed E-state index contributed by atoms with van der Waals surface area (Å²) in [6.07, 6.45) is 0.635. The zero-order chi connectivity index (χ0) is 19.6. The summed E-state index contributed by atoms with van der Waals surface area (Å²) in [4.78, 5) is 24.0. The summed E-state index contributed by atoms with van der Waals surface area (Å²) >= 11 is 0. The van der Waals surface area contributed by atoms with E-state index in [2.05, 4.69) is 10.6 Å². The zero-order valence-corrected chi connectivity index (χ0v) is 15.7. The molecular formula is C20H24N2O5. The molecule has 0 saturated heterocycles. The fourth-order valence-corrected chi connectivity index (χ4v) is 2.47. The van der Waals surface area contributed by atoms with E-state index in [1.165, 1.54) is 7.11 Å². The van der Waals surface area contributed by atoms with Crippen LogP contribution in [-0.4, -0.2) is 46.2 Å². The van der Waals surface area contributed by atoms with E-state index in [1.807, 2.05) is 18.2 Å². The van der Waals surface area contributed by atoms with Crippen molar-refractivity contribution in [1.82, 2.24) is 10.6 Å². The number of rotatable bonds is 9. The molecule has 27 heavy (non-hydrogen) atoms. The standard InChI is InChI=1S/C20H24N2O5/c1-25-16-6-4-5-15(12-16)20(24)22-13-19(23)21-10-9-14-7-8-17(26-2)18(11-14)27-3/h4-8,11-12H,9-10,13H2,1-3H3,(H,21,23)(H,22,24). The normalized spacial score (nSPS) is 10.0. The molecule has 7 nitrogen and oxygen atoms in total. The van der Waals surface area contributed by atoms with Crippen LogP contribution in [0.1, 0.15) is 15.9 Å². The van der Waals surface area contributed by atoms with E-state index in [-0.39, 0.29) is 18.4 Å². The van der Waals surface area contributed by atoms with Gasteiger partial charge in [-0.3, -0.25) is 9.59 Å². The van der Waals surface area contributed by atoms with Crippen LogP contribution in [0.15, 0.2) is 42.5 Å². The van der Waals surface area contributed by atoms with Crippen molar-refractivity contribution in [3.8, 4) is 17.2 Å². The Morgan fingerprint density at radius 2 is 1.67 bits per heavy atom. The Kier molecular flexibility index (Phi) is 7.49. The van der Waals surface area contributed by atoms with E-state index in [1.54, 1.807) is 38.5 Å². The number of hydrogen-bond acceptors (Lipinski definition) is 5. The summed E-state index contributed by atoms with van der Waals surface area (Å²) in [7, 11) is 4.69. The Morgan fingerprint density at radius 3 is 2.37 bits per heavy atom. The highest BCUT2D eigenvalue weighted by molar-refractivity contribution is 5.96. The fraction of sp³-hybridized carbons (Fsp3) is 0.300. The summed E-state index contributed by atoms with van der Waals surface area (Å²) in [5.74, 6) is 1.30. The predicted octanol–water partition coefficient (Wildman–Crippen LogP) is 1.80. The van der Waals surface area contributed by atoms with Gasteiger partial charge in [0.2, 0.25) is 5.91 Å². The fourth-order valence-electron chi connectivity index (χ4n) is 2.47. The van der Waals surface area contributed by atoms with Crippen molar-refractivity contribution >= 4 is 11.8 Å². The second-order valence-corrected chi connectivity index (χ2v) is 5.70. The van der Waals surface area contributed by atoms with Gasteiger partial charge in [0.05, 0.1) is 27.9 Å². The van der Waals surface area contributed by atoms with Gasteiger partial charge in [-0.05, 0) is 42.3 Å². The van der Waals surface area contributed by atoms with E-state index >= 15 is 0 Å². The topological polar surface area (TPSA) is 85.9 Å². The summed E-state index contributed by atoms with van der Waals surface area (Å²) in [6, 6.07) is 12.4. The number of carbonyl (C=O) groups is 2. The maximum absolute atomic E-state index is 12.1. The highest BCUT2D eigenvalue weighted by Crippen LogP contribution is 2.27. The Bertz CT molecular complexity index is 792. The molecule has 2 aromatic carbocycles. The number of benzene rings is 2. The third-order valence-electron chi connectivity index (χ3n) is 3.93. The molecule has 2 amide bonds. The first-order valence-electron chi connectivity index (χ1n) is 8.47. The van der Waals surface area contributed by atoms with Gasteiger partial charge in [0.25, 0.3) is 5.91 Å². The Morgan fingerprint density at radius 1 is 0.889 bits per heavy atom. The summed E-state index contributed by atoms with van der Waals surface area (Å²) < 4.78 is 15.5. The van der Waals surface area contributed by atoms with Crippen molar-refractivity contribution in [3.63, 3.8) is 0 Å². The van der Waals surface area contributed by atoms with E-state index in [0.717, 1.165) is 5.56 Å². The number of carbonyl (C=O) groups excluding carboxylic acids is 2. The van der Waals surface area contributed by atoms with Crippen LogP contribution < -0.4 is 24.8 Å². The minimum Gasteiger partial charge on any atom is -0.497 e. The van der Waals surface area contributed by atoms with Gasteiger partial charge >= 0.3 is 0 Å². The number of amides is 2. The van der Waals surface area contributed by atoms with Gasteiger partial charge in [0.1, 0.15) is 5.75 Å². The molecule has 0 radical (unpaired) electrons. The van der Waals surface area contributed by atoms with Crippen molar-refractivity contribution in [3.05, 3.63) is 53.6 Å². The Balaban J connectivity index is 1.77. The van der Waals surface area contributed by atoms with Crippen LogP contribution in [0.4, 0.5) is 0 Å². The maximum atomic E-state index is 12.1. The number of nitrogens with one attached hydrogen (secondary N) is 2. The van der Waals surface area contributed by atoms with E-state index < -0.39 is 0 Å². The van der Waals surface area contributed by atoms with E-state index in [9.17, 15) is 9.59 Å². The molecule has 0 atom stereocenters. The zero-order valence-electron chi connectivity index (χ0n) is 15.7. The van der Waals surface area contributed by atoms with Gasteiger partial charge in [-0.2, -0.15) is 0 Å². The molecule has 2 N–H and O–H groups in total. The van der Waals surface area contributed by atoms with Crippen LogP contribution in [0, 0.1) is 0 Å². The molecule has 0 aliphatic carbocycles. The SMILES string of the molecule is COc1cccc(C(=O)NCC(=O)NCCc2ccc(OC)c(OC)c2)c1. The molecule has 0 aliphatic rings. The van der Waals surface area contributed by atoms with Crippen molar-refractivity contribution < 1.29 is 23.8 Å². The molecule has 7 heteroatoms. The molecule has 0 saturated carbocycles. The first kappa shape index (κ1) is 20.1. The third-order valence-corrected chi connectivity index (χ3v) is 3.93. The summed E-state index contributed by atoms with van der Waals surface area (Å²) in [5, 5.41) is 5.37. The predicted molar refractivity (Wildman–Crippen MR) is 102 cm³/mol. The lowest BCUT2D eigenvalue weighted by Gasteiger charge is -2.10. The average Bonchev–Trinajstić information content (AvgIpc) is 2.71. The second-order valence-electron chi connectivity index (χ2n) is 5.70. The Hall–Kier alpha value is -3.22. The molecule has 0 aliphatic heterocycles. The number of hydrogen-bond donors (Lipinski definition) is 2. The van der Waals surface area contributed by atoms with Crippen LogP contribution in [0.5, 0.6) is 17.2 Å². The lowest BCUT2D eigenvalue weighted by atomic mass is 10.1. The minimum absolute atomic E-state index is 0.0953. The molecule has 0 unspecified atom stereocenters. The smallest absolute Gasteiger partial charge is 0.251 e. The van der Waals surface area contributed by atoms with Gasteiger partial charge in [-0.15, -0.1) is 0 Å². The van der Waals surface area contributed by atoms with Crippen molar-refractivity contribution in [2.24, 2.45) is 0 Å². The number of ether oxygens (including phenoxy) is 3. The van der Waals surface area contributed by atoms with Crippen molar-refractivity contribution in [1.29, 1.82) is 0 Å². The van der Waals surface area contributed by atoms with Crippen molar-refractivity contribution in [2.75, 3.05) is 34.4 Å².